The zero-order chi connectivity index (χ0) is 13.1. The second-order valence-corrected chi connectivity index (χ2v) is 4.62. The van der Waals surface area contributed by atoms with E-state index in [-0.39, 0.29) is 17.2 Å². The zero-order valence-corrected chi connectivity index (χ0v) is 11.3. The van der Waals surface area contributed by atoms with Crippen molar-refractivity contribution in [2.24, 2.45) is 0 Å². The van der Waals surface area contributed by atoms with Crippen LogP contribution in [0.15, 0.2) is 35.1 Å². The van der Waals surface area contributed by atoms with Crippen LogP contribution in [0.3, 0.4) is 0 Å². The maximum atomic E-state index is 11.9. The molecule has 0 aliphatic carbocycles. The molecular weight excluding hydrogens is 298 g/mol. The van der Waals surface area contributed by atoms with Gasteiger partial charge >= 0.3 is 0 Å². The smallest absolute Gasteiger partial charge is 0.259 e. The van der Waals surface area contributed by atoms with Crippen molar-refractivity contribution in [1.82, 2.24) is 9.78 Å². The summed E-state index contributed by atoms with van der Waals surface area (Å²) in [5.41, 5.74) is 0.826. The summed E-state index contributed by atoms with van der Waals surface area (Å²) in [6.07, 6.45) is 3.30. The van der Waals surface area contributed by atoms with Crippen LogP contribution in [0.4, 0.5) is 5.69 Å². The van der Waals surface area contributed by atoms with E-state index >= 15 is 0 Å². The Kier molecular flexibility index (Phi) is 3.66. The molecule has 1 heterocycles. The Bertz CT molecular complexity index is 580. The number of carbonyl (C=O) groups excluding carboxylic acids is 1. The van der Waals surface area contributed by atoms with Crippen LogP contribution in [0.5, 0.6) is 5.75 Å². The summed E-state index contributed by atoms with van der Waals surface area (Å²) in [5.74, 6) is -0.430. The predicted molar refractivity (Wildman–Crippen MR) is 71.7 cm³/mol. The molecule has 0 atom stereocenters. The number of carbonyl (C=O) groups is 1. The van der Waals surface area contributed by atoms with Crippen molar-refractivity contribution in [3.05, 3.63) is 40.6 Å². The van der Waals surface area contributed by atoms with Gasteiger partial charge in [0.25, 0.3) is 5.91 Å². The molecule has 6 heteroatoms. The maximum Gasteiger partial charge on any atom is 0.259 e. The third-order valence-electron chi connectivity index (χ3n) is 2.42. The minimum absolute atomic E-state index is 0.0650. The van der Waals surface area contributed by atoms with Crippen molar-refractivity contribution < 1.29 is 9.90 Å². The van der Waals surface area contributed by atoms with Crippen molar-refractivity contribution in [3.8, 4) is 5.75 Å². The van der Waals surface area contributed by atoms with Crippen LogP contribution in [0.1, 0.15) is 17.3 Å². The molecule has 0 aliphatic rings. The maximum absolute atomic E-state index is 11.9. The lowest BCUT2D eigenvalue weighted by molar-refractivity contribution is 0.102. The van der Waals surface area contributed by atoms with Crippen molar-refractivity contribution in [3.63, 3.8) is 0 Å². The summed E-state index contributed by atoms with van der Waals surface area (Å²) in [5, 5.41) is 16.4. The molecule has 0 bridgehead atoms. The highest BCUT2D eigenvalue weighted by Crippen LogP contribution is 2.23. The number of phenolic OH excluding ortho intramolecular Hbond substituents is 1. The SMILES string of the molecule is CCn1cc(NC(=O)c2ccc(Br)cc2O)cn1. The first-order valence-electron chi connectivity index (χ1n) is 5.42. The first kappa shape index (κ1) is 12.6. The van der Waals surface area contributed by atoms with Crippen molar-refractivity contribution in [1.29, 1.82) is 0 Å². The first-order chi connectivity index (χ1) is 8.60. The van der Waals surface area contributed by atoms with Crippen LogP contribution in [0.25, 0.3) is 0 Å². The van der Waals surface area contributed by atoms with E-state index in [1.165, 1.54) is 6.07 Å². The quantitative estimate of drug-likeness (QED) is 0.916. The van der Waals surface area contributed by atoms with E-state index in [1.807, 2.05) is 6.92 Å². The van der Waals surface area contributed by atoms with Gasteiger partial charge in [-0.25, -0.2) is 0 Å². The van der Waals surface area contributed by atoms with E-state index in [2.05, 4.69) is 26.3 Å². The van der Waals surface area contributed by atoms with Crippen LogP contribution >= 0.6 is 15.9 Å². The Morgan fingerprint density at radius 2 is 2.33 bits per heavy atom. The second kappa shape index (κ2) is 5.22. The van der Waals surface area contributed by atoms with Crippen LogP contribution < -0.4 is 5.32 Å². The monoisotopic (exact) mass is 309 g/mol. The van der Waals surface area contributed by atoms with Gasteiger partial charge in [0.2, 0.25) is 0 Å². The van der Waals surface area contributed by atoms with E-state index in [1.54, 1.807) is 29.2 Å². The number of nitrogens with one attached hydrogen (secondary N) is 1. The number of halogens is 1. The third kappa shape index (κ3) is 2.70. The fourth-order valence-corrected chi connectivity index (χ4v) is 1.85. The predicted octanol–water partition coefficient (Wildman–Crippen LogP) is 2.62. The van der Waals surface area contributed by atoms with Crippen molar-refractivity contribution in [2.75, 3.05) is 5.32 Å². The topological polar surface area (TPSA) is 67.2 Å². The summed E-state index contributed by atoms with van der Waals surface area (Å²) in [6, 6.07) is 4.73. The van der Waals surface area contributed by atoms with Gasteiger partial charge in [0.05, 0.1) is 17.4 Å². The summed E-state index contributed by atoms with van der Waals surface area (Å²) >= 11 is 3.22. The highest BCUT2D eigenvalue weighted by molar-refractivity contribution is 9.10. The number of hydrogen-bond donors (Lipinski definition) is 2. The number of rotatable bonds is 3. The Hall–Kier alpha value is -1.82. The number of amides is 1. The van der Waals surface area contributed by atoms with Crippen LogP contribution in [0, 0.1) is 0 Å². The van der Waals surface area contributed by atoms with Gasteiger partial charge in [-0.05, 0) is 25.1 Å². The third-order valence-corrected chi connectivity index (χ3v) is 2.91. The molecule has 1 amide bonds. The highest BCUT2D eigenvalue weighted by Gasteiger charge is 2.12. The number of aryl methyl sites for hydroxylation is 1. The molecule has 0 fully saturated rings. The van der Waals surface area contributed by atoms with Gasteiger partial charge in [0.15, 0.2) is 0 Å². The zero-order valence-electron chi connectivity index (χ0n) is 9.72. The Morgan fingerprint density at radius 1 is 1.56 bits per heavy atom. The lowest BCUT2D eigenvalue weighted by Gasteiger charge is -2.05. The number of benzene rings is 1. The largest absolute Gasteiger partial charge is 0.507 e. The average molecular weight is 310 g/mol. The minimum Gasteiger partial charge on any atom is -0.507 e. The number of hydrogen-bond acceptors (Lipinski definition) is 3. The van der Waals surface area contributed by atoms with Gasteiger partial charge in [0, 0.05) is 17.2 Å². The molecule has 1 aromatic heterocycles. The summed E-state index contributed by atoms with van der Waals surface area (Å²) < 4.78 is 2.42. The fraction of sp³-hybridized carbons (Fsp3) is 0.167. The van der Waals surface area contributed by atoms with E-state index in [0.717, 1.165) is 11.0 Å². The highest BCUT2D eigenvalue weighted by atomic mass is 79.9. The number of nitrogens with zero attached hydrogens (tertiary/aromatic N) is 2. The van der Waals surface area contributed by atoms with Gasteiger partial charge in [-0.2, -0.15) is 5.10 Å². The number of aromatic nitrogens is 2. The van der Waals surface area contributed by atoms with E-state index in [9.17, 15) is 9.90 Å². The first-order valence-corrected chi connectivity index (χ1v) is 6.21. The molecule has 5 nitrogen and oxygen atoms in total. The van der Waals surface area contributed by atoms with Gasteiger partial charge in [0.1, 0.15) is 5.75 Å². The summed E-state index contributed by atoms with van der Waals surface area (Å²) in [7, 11) is 0. The molecule has 0 saturated heterocycles. The van der Waals surface area contributed by atoms with Crippen LogP contribution in [-0.2, 0) is 6.54 Å². The molecule has 0 aliphatic heterocycles. The normalized spacial score (nSPS) is 10.3. The van der Waals surface area contributed by atoms with Gasteiger partial charge in [-0.15, -0.1) is 0 Å². The van der Waals surface area contributed by atoms with E-state index in [4.69, 9.17) is 0 Å². The molecule has 2 rings (SSSR count). The Labute approximate surface area is 113 Å². The average Bonchev–Trinajstić information content (AvgIpc) is 2.76. The molecule has 2 aromatic rings. The minimum atomic E-state index is -0.365. The molecule has 0 unspecified atom stereocenters. The molecule has 1 aromatic carbocycles. The molecule has 94 valence electrons. The number of anilines is 1. The van der Waals surface area contributed by atoms with Crippen LogP contribution in [-0.4, -0.2) is 20.8 Å². The molecule has 0 saturated carbocycles. The fourth-order valence-electron chi connectivity index (χ4n) is 1.50. The van der Waals surface area contributed by atoms with Gasteiger partial charge in [-0.1, -0.05) is 15.9 Å². The molecular formula is C12H12BrN3O2. The summed E-state index contributed by atoms with van der Waals surface area (Å²) in [4.78, 5) is 11.9. The number of phenols is 1. The Balaban J connectivity index is 2.16. The van der Waals surface area contributed by atoms with Crippen LogP contribution in [0.2, 0.25) is 0 Å². The number of aromatic hydroxyl groups is 1. The molecule has 0 radical (unpaired) electrons. The molecule has 0 spiro atoms. The van der Waals surface area contributed by atoms with Gasteiger partial charge in [-0.3, -0.25) is 9.48 Å². The standard InChI is InChI=1S/C12H12BrN3O2/c1-2-16-7-9(6-14-16)15-12(18)10-4-3-8(13)5-11(10)17/h3-7,17H,2H2,1H3,(H,15,18). The molecule has 18 heavy (non-hydrogen) atoms. The van der Waals surface area contributed by atoms with Gasteiger partial charge < -0.3 is 10.4 Å². The van der Waals surface area contributed by atoms with E-state index < -0.39 is 0 Å². The van der Waals surface area contributed by atoms with E-state index in [0.29, 0.717) is 5.69 Å². The summed E-state index contributed by atoms with van der Waals surface area (Å²) in [6.45, 7) is 2.69. The lowest BCUT2D eigenvalue weighted by atomic mass is 10.2. The van der Waals surface area contributed by atoms with Crippen molar-refractivity contribution in [2.45, 2.75) is 13.5 Å². The molecule has 2 N–H and O–H groups in total. The lowest BCUT2D eigenvalue weighted by Crippen LogP contribution is -2.11. The second-order valence-electron chi connectivity index (χ2n) is 3.70. The van der Waals surface area contributed by atoms with Crippen molar-refractivity contribution >= 4 is 27.5 Å². The Morgan fingerprint density at radius 3 is 2.94 bits per heavy atom.